The van der Waals surface area contributed by atoms with E-state index < -0.39 is 0 Å². The molecule has 0 spiro atoms. The van der Waals surface area contributed by atoms with Crippen molar-refractivity contribution in [1.29, 1.82) is 0 Å². The van der Waals surface area contributed by atoms with Gasteiger partial charge in [0.15, 0.2) is 0 Å². The summed E-state index contributed by atoms with van der Waals surface area (Å²) in [5.41, 5.74) is 0. The van der Waals surface area contributed by atoms with Crippen molar-refractivity contribution in [3.63, 3.8) is 0 Å². The molecule has 0 aromatic rings. The summed E-state index contributed by atoms with van der Waals surface area (Å²) >= 11 is 0. The van der Waals surface area contributed by atoms with Gasteiger partial charge in [0.05, 0.1) is 0 Å². The van der Waals surface area contributed by atoms with Gasteiger partial charge in [-0.05, 0) is 0 Å². The molecule has 0 aliphatic carbocycles. The van der Waals surface area contributed by atoms with Crippen LogP contribution in [0.15, 0.2) is 0 Å². The molecule has 4 heteroatoms. The molecule has 0 saturated carbocycles. The van der Waals surface area contributed by atoms with E-state index in [2.05, 4.69) is 38.3 Å². The van der Waals surface area contributed by atoms with Gasteiger partial charge in [-0.3, -0.25) is 0 Å². The molecular formula is C20H44FN2Nd. The minimum atomic E-state index is 0. The van der Waals surface area contributed by atoms with Crippen LogP contribution < -0.4 is 4.70 Å². The number of hydrogen-bond acceptors (Lipinski definition) is 0. The summed E-state index contributed by atoms with van der Waals surface area (Å²) in [4.78, 5) is 0. The summed E-state index contributed by atoms with van der Waals surface area (Å²) in [7, 11) is 0. The maximum Gasteiger partial charge on any atom is 3.00 e. The molecule has 145 valence electrons. The summed E-state index contributed by atoms with van der Waals surface area (Å²) in [6.45, 7) is 13.3. The number of halogens is 1. The average Bonchev–Trinajstić information content (AvgIpc) is 2.54. The molecule has 0 N–H and O–H groups in total. The SMILES string of the molecule is CCCCC[N-]CCCCC.CCCCC[N-]CCCCC.[F-].[Nd+3]. The molecule has 0 fully saturated rings. The first-order chi connectivity index (χ1) is 10.8. The normalized spacial score (nSPS) is 9.50. The Morgan fingerprint density at radius 1 is 0.417 bits per heavy atom. The topological polar surface area (TPSA) is 28.2 Å². The Kier molecular flexibility index (Phi) is 48.3. The molecule has 2 nitrogen and oxygen atoms in total. The van der Waals surface area contributed by atoms with Crippen molar-refractivity contribution in [1.82, 2.24) is 0 Å². The minimum absolute atomic E-state index is 0. The van der Waals surface area contributed by atoms with Gasteiger partial charge in [0.1, 0.15) is 0 Å². The van der Waals surface area contributed by atoms with E-state index in [0.29, 0.717) is 0 Å². The first-order valence-corrected chi connectivity index (χ1v) is 10.1. The van der Waals surface area contributed by atoms with E-state index >= 15 is 0 Å². The van der Waals surface area contributed by atoms with Gasteiger partial charge in [0.2, 0.25) is 0 Å². The van der Waals surface area contributed by atoms with E-state index in [0.717, 1.165) is 26.2 Å². The van der Waals surface area contributed by atoms with Crippen molar-refractivity contribution < 1.29 is 45.5 Å². The maximum atomic E-state index is 4.45. The van der Waals surface area contributed by atoms with Crippen LogP contribution >= 0.6 is 0 Å². The standard InChI is InChI=1S/2C10H22N.FH.Nd/c2*1-3-5-7-9-11-10-8-6-4-2;;/h2*3-10H2,1-2H3;1H;/q2*-1;;+3/p-1. The zero-order valence-corrected chi connectivity index (χ0v) is 20.3. The fourth-order valence-corrected chi connectivity index (χ4v) is 2.12. The molecule has 0 heterocycles. The summed E-state index contributed by atoms with van der Waals surface area (Å²) < 4.78 is 0. The summed E-state index contributed by atoms with van der Waals surface area (Å²) in [5, 5.41) is 8.89. The average molecular weight is 476 g/mol. The Labute approximate surface area is 186 Å². The third kappa shape index (κ3) is 38.6. The zero-order chi connectivity index (χ0) is 16.7. The molecule has 0 aromatic carbocycles. The fourth-order valence-electron chi connectivity index (χ4n) is 2.12. The molecule has 0 aliphatic heterocycles. The molecule has 24 heavy (non-hydrogen) atoms. The van der Waals surface area contributed by atoms with E-state index in [-0.39, 0.29) is 45.5 Å². The molecule has 0 aliphatic rings. The van der Waals surface area contributed by atoms with Crippen LogP contribution in [0.4, 0.5) is 0 Å². The third-order valence-corrected chi connectivity index (χ3v) is 3.68. The van der Waals surface area contributed by atoms with E-state index in [9.17, 15) is 0 Å². The molecule has 0 atom stereocenters. The molecule has 0 saturated heterocycles. The second-order valence-corrected chi connectivity index (χ2v) is 6.17. The molecule has 0 rings (SSSR count). The van der Waals surface area contributed by atoms with E-state index in [1.807, 2.05) is 0 Å². The first kappa shape index (κ1) is 32.8. The predicted molar refractivity (Wildman–Crippen MR) is 104 cm³/mol. The first-order valence-electron chi connectivity index (χ1n) is 10.1. The van der Waals surface area contributed by atoms with Gasteiger partial charge < -0.3 is 15.3 Å². The quantitative estimate of drug-likeness (QED) is 0.294. The fraction of sp³-hybridized carbons (Fsp3) is 1.00. The second-order valence-electron chi connectivity index (χ2n) is 6.17. The van der Waals surface area contributed by atoms with Gasteiger partial charge in [0, 0.05) is 0 Å². The van der Waals surface area contributed by atoms with Crippen molar-refractivity contribution >= 4 is 0 Å². The van der Waals surface area contributed by atoms with Gasteiger partial charge >= 0.3 is 40.8 Å². The Morgan fingerprint density at radius 3 is 0.792 bits per heavy atom. The van der Waals surface area contributed by atoms with Gasteiger partial charge in [-0.15, -0.1) is 26.2 Å². The molecule has 0 amide bonds. The van der Waals surface area contributed by atoms with Crippen LogP contribution in [0.2, 0.25) is 0 Å². The largest absolute Gasteiger partial charge is 3.00 e. The molecule has 1 radical (unpaired) electrons. The van der Waals surface area contributed by atoms with Crippen molar-refractivity contribution in [2.75, 3.05) is 26.2 Å². The number of hydrogen-bond donors (Lipinski definition) is 0. The molecule has 0 unspecified atom stereocenters. The number of rotatable bonds is 16. The molecular weight excluding hydrogens is 431 g/mol. The Balaban J connectivity index is -0.000000154. The van der Waals surface area contributed by atoms with Gasteiger partial charge in [-0.1, -0.05) is 105 Å². The second kappa shape index (κ2) is 35.3. The van der Waals surface area contributed by atoms with Crippen molar-refractivity contribution in [2.45, 2.75) is 105 Å². The van der Waals surface area contributed by atoms with E-state index in [1.165, 1.54) is 77.0 Å². The zero-order valence-electron chi connectivity index (χ0n) is 17.1. The minimum Gasteiger partial charge on any atom is -1.00 e. The van der Waals surface area contributed by atoms with Crippen molar-refractivity contribution in [3.8, 4) is 0 Å². The van der Waals surface area contributed by atoms with Crippen LogP contribution in [-0.2, 0) is 0 Å². The van der Waals surface area contributed by atoms with Crippen molar-refractivity contribution in [2.24, 2.45) is 0 Å². The summed E-state index contributed by atoms with van der Waals surface area (Å²) in [6, 6.07) is 0. The van der Waals surface area contributed by atoms with Gasteiger partial charge in [-0.2, -0.15) is 0 Å². The van der Waals surface area contributed by atoms with E-state index in [1.54, 1.807) is 0 Å². The Hall–Kier alpha value is 1.20. The molecule has 0 aromatic heterocycles. The Morgan fingerprint density at radius 2 is 0.625 bits per heavy atom. The summed E-state index contributed by atoms with van der Waals surface area (Å²) in [6.07, 6.45) is 15.8. The molecule has 0 bridgehead atoms. The number of nitrogens with zero attached hydrogens (tertiary/aromatic N) is 2. The monoisotopic (exact) mass is 473 g/mol. The van der Waals surface area contributed by atoms with Crippen molar-refractivity contribution in [3.05, 3.63) is 10.6 Å². The van der Waals surface area contributed by atoms with Gasteiger partial charge in [0.25, 0.3) is 0 Å². The third-order valence-electron chi connectivity index (χ3n) is 3.68. The number of unbranched alkanes of at least 4 members (excludes halogenated alkanes) is 8. The summed E-state index contributed by atoms with van der Waals surface area (Å²) in [5.74, 6) is 0. The Bertz CT molecular complexity index is 138. The van der Waals surface area contributed by atoms with Crippen LogP contribution in [0.25, 0.3) is 10.6 Å². The van der Waals surface area contributed by atoms with Gasteiger partial charge in [-0.25, -0.2) is 0 Å². The van der Waals surface area contributed by atoms with Crippen LogP contribution in [0, 0.1) is 40.8 Å². The predicted octanol–water partition coefficient (Wildman–Crippen LogP) is 4.49. The van der Waals surface area contributed by atoms with Crippen LogP contribution in [0.1, 0.15) is 105 Å². The maximum absolute atomic E-state index is 4.45. The smallest absolute Gasteiger partial charge is 1.00 e. The van der Waals surface area contributed by atoms with Crippen LogP contribution in [-0.4, -0.2) is 26.2 Å². The van der Waals surface area contributed by atoms with Crippen LogP contribution in [0.3, 0.4) is 0 Å². The van der Waals surface area contributed by atoms with Crippen LogP contribution in [0.5, 0.6) is 0 Å². The van der Waals surface area contributed by atoms with E-state index in [4.69, 9.17) is 0 Å².